The first kappa shape index (κ1) is 14.9. The summed E-state index contributed by atoms with van der Waals surface area (Å²) in [7, 11) is 0. The molecule has 0 saturated carbocycles. The van der Waals surface area contributed by atoms with Crippen LogP contribution in [-0.4, -0.2) is 39.9 Å². The Morgan fingerprint density at radius 1 is 1.59 bits per heavy atom. The summed E-state index contributed by atoms with van der Waals surface area (Å²) in [6.07, 6.45) is 5.42. The van der Waals surface area contributed by atoms with E-state index < -0.39 is 4.92 Å². The molecule has 116 valence electrons. The molecule has 0 aliphatic carbocycles. The highest BCUT2D eigenvalue weighted by Crippen LogP contribution is 2.37. The number of fused-ring (bicyclic) bond motifs is 1. The molecule has 0 radical (unpaired) electrons. The average Bonchev–Trinajstić information content (AvgIpc) is 2.93. The second-order valence-electron chi connectivity index (χ2n) is 4.78. The van der Waals surface area contributed by atoms with E-state index in [1.165, 1.54) is 12.3 Å². The number of nitrogens with zero attached hydrogens (tertiary/aromatic N) is 3. The summed E-state index contributed by atoms with van der Waals surface area (Å²) >= 11 is 1.74. The van der Waals surface area contributed by atoms with Crippen molar-refractivity contribution in [3.05, 3.63) is 51.3 Å². The molecule has 0 amide bonds. The molecular weight excluding hydrogens is 304 g/mol. The van der Waals surface area contributed by atoms with Crippen LogP contribution in [0.2, 0.25) is 0 Å². The largest absolute Gasteiger partial charge is 0.358 e. The van der Waals surface area contributed by atoms with E-state index in [0.29, 0.717) is 12.4 Å². The summed E-state index contributed by atoms with van der Waals surface area (Å²) in [4.78, 5) is 16.5. The van der Waals surface area contributed by atoms with Gasteiger partial charge in [0.1, 0.15) is 18.2 Å². The molecule has 0 spiro atoms. The van der Waals surface area contributed by atoms with E-state index in [1.807, 2.05) is 13.0 Å². The van der Waals surface area contributed by atoms with E-state index in [9.17, 15) is 10.1 Å². The van der Waals surface area contributed by atoms with Gasteiger partial charge in [0.25, 0.3) is 5.69 Å². The summed E-state index contributed by atoms with van der Waals surface area (Å²) < 4.78 is 5.73. The quantitative estimate of drug-likeness (QED) is 0.659. The maximum atomic E-state index is 10.7. The lowest BCUT2D eigenvalue weighted by molar-refractivity contribution is -0.385. The van der Waals surface area contributed by atoms with Crippen LogP contribution >= 0.6 is 11.8 Å². The number of nitro groups is 1. The predicted octanol–water partition coefficient (Wildman–Crippen LogP) is 2.55. The maximum Gasteiger partial charge on any atom is 0.287 e. The number of aromatic nitrogens is 1. The Balaban J connectivity index is 1.78. The Morgan fingerprint density at radius 2 is 2.45 bits per heavy atom. The highest BCUT2D eigenvalue weighted by atomic mass is 32.2. The third-order valence-corrected chi connectivity index (χ3v) is 4.55. The van der Waals surface area contributed by atoms with Crippen molar-refractivity contribution in [2.45, 2.75) is 13.2 Å². The summed E-state index contributed by atoms with van der Waals surface area (Å²) in [6.45, 7) is 3.50. The SMILES string of the molecule is CCOC1CSC2=C(Nc3ccc([N+](=O)[O-])cn3)C=CCN21. The van der Waals surface area contributed by atoms with Crippen molar-refractivity contribution in [3.8, 4) is 0 Å². The standard InChI is InChI=1S/C14H16N4O3S/c1-2-21-13-9-22-14-11(4-3-7-17(13)14)16-12-6-5-10(8-15-12)18(19)20/h3-6,8,13H,2,7,9H2,1H3,(H,15,16). The fraction of sp³-hybridized carbons (Fsp3) is 0.357. The highest BCUT2D eigenvalue weighted by Gasteiger charge is 2.32. The van der Waals surface area contributed by atoms with E-state index in [2.05, 4.69) is 21.3 Å². The first-order chi connectivity index (χ1) is 10.7. The second kappa shape index (κ2) is 6.37. The average molecular weight is 320 g/mol. The van der Waals surface area contributed by atoms with E-state index in [4.69, 9.17) is 4.74 Å². The fourth-order valence-corrected chi connectivity index (χ4v) is 3.58. The summed E-state index contributed by atoms with van der Waals surface area (Å²) in [5, 5.41) is 15.0. The Labute approximate surface area is 132 Å². The molecule has 1 atom stereocenters. The fourth-order valence-electron chi connectivity index (χ4n) is 2.37. The normalized spacial score (nSPS) is 20.2. The second-order valence-corrected chi connectivity index (χ2v) is 5.79. The highest BCUT2D eigenvalue weighted by molar-refractivity contribution is 8.03. The van der Waals surface area contributed by atoms with Gasteiger partial charge >= 0.3 is 0 Å². The molecule has 1 N–H and O–H groups in total. The van der Waals surface area contributed by atoms with Gasteiger partial charge < -0.3 is 15.0 Å². The summed E-state index contributed by atoms with van der Waals surface area (Å²) in [5.41, 5.74) is 0.926. The molecule has 8 heteroatoms. The molecule has 1 aromatic rings. The molecule has 0 aromatic carbocycles. The molecule has 1 aromatic heterocycles. The van der Waals surface area contributed by atoms with Crippen LogP contribution in [0.15, 0.2) is 41.2 Å². The number of hydrogen-bond donors (Lipinski definition) is 1. The zero-order chi connectivity index (χ0) is 15.5. The van der Waals surface area contributed by atoms with Crippen LogP contribution in [-0.2, 0) is 4.74 Å². The minimum absolute atomic E-state index is 0.0179. The van der Waals surface area contributed by atoms with Crippen molar-refractivity contribution < 1.29 is 9.66 Å². The molecule has 7 nitrogen and oxygen atoms in total. The molecule has 3 rings (SSSR count). The smallest absolute Gasteiger partial charge is 0.287 e. The number of thioether (sulfide) groups is 1. The van der Waals surface area contributed by atoms with Crippen LogP contribution in [0.4, 0.5) is 11.5 Å². The summed E-state index contributed by atoms with van der Waals surface area (Å²) in [6, 6.07) is 3.05. The minimum atomic E-state index is -0.458. The molecule has 2 aliphatic rings. The molecular formula is C14H16N4O3S. The summed E-state index contributed by atoms with van der Waals surface area (Å²) in [5.74, 6) is 1.48. The molecule has 3 heterocycles. The zero-order valence-corrected chi connectivity index (χ0v) is 12.9. The van der Waals surface area contributed by atoms with Crippen LogP contribution in [0.1, 0.15) is 6.92 Å². The first-order valence-corrected chi connectivity index (χ1v) is 7.97. The number of pyridine rings is 1. The van der Waals surface area contributed by atoms with Crippen LogP contribution in [0.3, 0.4) is 0 Å². The molecule has 2 aliphatic heterocycles. The Bertz CT molecular complexity index is 629. The van der Waals surface area contributed by atoms with Crippen molar-refractivity contribution in [2.75, 3.05) is 24.2 Å². The van der Waals surface area contributed by atoms with E-state index in [-0.39, 0.29) is 11.9 Å². The number of hydrogen-bond acceptors (Lipinski definition) is 7. The van der Waals surface area contributed by atoms with Gasteiger partial charge in [0.2, 0.25) is 0 Å². The third kappa shape index (κ3) is 2.93. The Hall–Kier alpha value is -2.06. The maximum absolute atomic E-state index is 10.7. The Kier molecular flexibility index (Phi) is 4.30. The molecule has 1 saturated heterocycles. The number of rotatable bonds is 5. The monoisotopic (exact) mass is 320 g/mol. The van der Waals surface area contributed by atoms with Gasteiger partial charge in [0.15, 0.2) is 0 Å². The van der Waals surface area contributed by atoms with Crippen LogP contribution in [0.25, 0.3) is 0 Å². The van der Waals surface area contributed by atoms with E-state index in [0.717, 1.165) is 23.0 Å². The van der Waals surface area contributed by atoms with Crippen LogP contribution in [0.5, 0.6) is 0 Å². The van der Waals surface area contributed by atoms with Crippen molar-refractivity contribution in [1.29, 1.82) is 0 Å². The van der Waals surface area contributed by atoms with Crippen LogP contribution < -0.4 is 5.32 Å². The zero-order valence-electron chi connectivity index (χ0n) is 12.1. The topological polar surface area (TPSA) is 80.5 Å². The molecule has 1 fully saturated rings. The number of allylic oxidation sites excluding steroid dienone is 1. The number of anilines is 1. The van der Waals surface area contributed by atoms with Crippen molar-refractivity contribution in [3.63, 3.8) is 0 Å². The third-order valence-electron chi connectivity index (χ3n) is 3.37. The van der Waals surface area contributed by atoms with Gasteiger partial charge in [-0.1, -0.05) is 6.08 Å². The first-order valence-electron chi connectivity index (χ1n) is 6.98. The van der Waals surface area contributed by atoms with Gasteiger partial charge in [0.05, 0.1) is 15.6 Å². The van der Waals surface area contributed by atoms with Gasteiger partial charge in [0, 0.05) is 25.0 Å². The Morgan fingerprint density at radius 3 is 3.14 bits per heavy atom. The van der Waals surface area contributed by atoms with Crippen LogP contribution in [0, 0.1) is 10.1 Å². The van der Waals surface area contributed by atoms with Crippen molar-refractivity contribution in [1.82, 2.24) is 9.88 Å². The van der Waals surface area contributed by atoms with Crippen molar-refractivity contribution in [2.24, 2.45) is 0 Å². The van der Waals surface area contributed by atoms with Crippen molar-refractivity contribution >= 4 is 23.3 Å². The number of nitrogens with one attached hydrogen (secondary N) is 1. The molecule has 22 heavy (non-hydrogen) atoms. The van der Waals surface area contributed by atoms with Gasteiger partial charge in [-0.2, -0.15) is 0 Å². The minimum Gasteiger partial charge on any atom is -0.358 e. The molecule has 0 bridgehead atoms. The van der Waals surface area contributed by atoms with E-state index >= 15 is 0 Å². The van der Waals surface area contributed by atoms with Gasteiger partial charge in [-0.3, -0.25) is 10.1 Å². The van der Waals surface area contributed by atoms with Gasteiger partial charge in [-0.15, -0.1) is 11.8 Å². The number of ether oxygens (including phenoxy) is 1. The van der Waals surface area contributed by atoms with Gasteiger partial charge in [-0.05, 0) is 19.1 Å². The predicted molar refractivity (Wildman–Crippen MR) is 85.3 cm³/mol. The van der Waals surface area contributed by atoms with Gasteiger partial charge in [-0.25, -0.2) is 4.98 Å². The lowest BCUT2D eigenvalue weighted by Crippen LogP contribution is -2.34. The molecule has 1 unspecified atom stereocenters. The lowest BCUT2D eigenvalue weighted by Gasteiger charge is -2.29. The van der Waals surface area contributed by atoms with E-state index in [1.54, 1.807) is 17.8 Å². The lowest BCUT2D eigenvalue weighted by atomic mass is 10.3.